The van der Waals surface area contributed by atoms with E-state index in [1.165, 1.54) is 34.1 Å². The molecule has 1 aromatic carbocycles. The summed E-state index contributed by atoms with van der Waals surface area (Å²) in [5.74, 6) is 0.970. The van der Waals surface area contributed by atoms with E-state index in [-0.39, 0.29) is 5.91 Å². The second kappa shape index (κ2) is 8.93. The number of pyridine rings is 1. The largest absolute Gasteiger partial charge is 0.373 e. The van der Waals surface area contributed by atoms with Crippen molar-refractivity contribution >= 4 is 33.1 Å². The minimum absolute atomic E-state index is 0.0216. The minimum atomic E-state index is 0.0216. The third-order valence-corrected chi connectivity index (χ3v) is 7.03. The molecule has 6 heteroatoms. The van der Waals surface area contributed by atoms with Crippen molar-refractivity contribution in [3.8, 4) is 0 Å². The van der Waals surface area contributed by atoms with E-state index in [0.29, 0.717) is 6.04 Å². The standard InChI is InChI=1S/C23H28N4OS/c1-24-22-16(8-7-12-26-22)15-27-13-6-5-9-17(27)14-19-18-10-3-4-11-20(18)29-21(19)23(28)25-2/h3-4,7-8,10-12,17H,5-6,9,13-15H2,1-2H3,(H,24,26)(H,25,28)/t17-/m0/s1. The maximum absolute atomic E-state index is 12.6. The van der Waals surface area contributed by atoms with Gasteiger partial charge in [-0.3, -0.25) is 9.69 Å². The van der Waals surface area contributed by atoms with Crippen LogP contribution in [0.4, 0.5) is 5.82 Å². The summed E-state index contributed by atoms with van der Waals surface area (Å²) in [6, 6.07) is 13.0. The van der Waals surface area contributed by atoms with Gasteiger partial charge in [-0.1, -0.05) is 30.7 Å². The highest BCUT2D eigenvalue weighted by Gasteiger charge is 2.27. The van der Waals surface area contributed by atoms with Crippen molar-refractivity contribution < 1.29 is 4.79 Å². The first kappa shape index (κ1) is 19.9. The molecule has 1 amide bonds. The summed E-state index contributed by atoms with van der Waals surface area (Å²) in [4.78, 5) is 20.5. The summed E-state index contributed by atoms with van der Waals surface area (Å²) in [5, 5.41) is 7.26. The van der Waals surface area contributed by atoms with Crippen molar-refractivity contribution in [2.24, 2.45) is 0 Å². The van der Waals surface area contributed by atoms with Crippen LogP contribution in [0.25, 0.3) is 10.1 Å². The quantitative estimate of drug-likeness (QED) is 0.639. The molecule has 152 valence electrons. The van der Waals surface area contributed by atoms with Gasteiger partial charge >= 0.3 is 0 Å². The van der Waals surface area contributed by atoms with Gasteiger partial charge in [-0.05, 0) is 48.9 Å². The number of thiophene rings is 1. The molecule has 0 saturated carbocycles. The fourth-order valence-corrected chi connectivity index (χ4v) is 5.52. The zero-order valence-corrected chi connectivity index (χ0v) is 17.9. The molecule has 5 nitrogen and oxygen atoms in total. The van der Waals surface area contributed by atoms with Crippen LogP contribution in [0.15, 0.2) is 42.6 Å². The van der Waals surface area contributed by atoms with Crippen LogP contribution in [0.5, 0.6) is 0 Å². The smallest absolute Gasteiger partial charge is 0.261 e. The predicted molar refractivity (Wildman–Crippen MR) is 121 cm³/mol. The summed E-state index contributed by atoms with van der Waals surface area (Å²) in [7, 11) is 3.64. The molecule has 1 saturated heterocycles. The van der Waals surface area contributed by atoms with Gasteiger partial charge in [0.15, 0.2) is 0 Å². The van der Waals surface area contributed by atoms with Crippen molar-refractivity contribution in [2.45, 2.75) is 38.3 Å². The van der Waals surface area contributed by atoms with E-state index in [1.54, 1.807) is 18.4 Å². The van der Waals surface area contributed by atoms with Crippen LogP contribution in [0, 0.1) is 0 Å². The second-order valence-electron chi connectivity index (χ2n) is 7.57. The van der Waals surface area contributed by atoms with E-state index in [2.05, 4.69) is 44.8 Å². The lowest BCUT2D eigenvalue weighted by Gasteiger charge is -2.36. The number of benzene rings is 1. The number of carbonyl (C=O) groups is 1. The Balaban J connectivity index is 1.64. The monoisotopic (exact) mass is 408 g/mol. The van der Waals surface area contributed by atoms with Crippen molar-refractivity contribution in [1.29, 1.82) is 0 Å². The Morgan fingerprint density at radius 3 is 2.90 bits per heavy atom. The zero-order chi connectivity index (χ0) is 20.2. The number of aromatic nitrogens is 1. The number of fused-ring (bicyclic) bond motifs is 1. The molecule has 1 aliphatic heterocycles. The van der Waals surface area contributed by atoms with Gasteiger partial charge in [0.25, 0.3) is 5.91 Å². The van der Waals surface area contributed by atoms with Crippen LogP contribution in [-0.2, 0) is 13.0 Å². The van der Waals surface area contributed by atoms with Crippen molar-refractivity contribution in [3.63, 3.8) is 0 Å². The van der Waals surface area contributed by atoms with Crippen LogP contribution in [-0.4, -0.2) is 42.5 Å². The van der Waals surface area contributed by atoms with Gasteiger partial charge in [-0.2, -0.15) is 0 Å². The molecule has 4 rings (SSSR count). The number of piperidine rings is 1. The Bertz CT molecular complexity index is 999. The van der Waals surface area contributed by atoms with E-state index < -0.39 is 0 Å². The van der Waals surface area contributed by atoms with E-state index in [0.717, 1.165) is 36.6 Å². The highest BCUT2D eigenvalue weighted by atomic mass is 32.1. The lowest BCUT2D eigenvalue weighted by Crippen LogP contribution is -2.40. The van der Waals surface area contributed by atoms with Crippen LogP contribution in [0.3, 0.4) is 0 Å². The second-order valence-corrected chi connectivity index (χ2v) is 8.62. The Morgan fingerprint density at radius 1 is 1.21 bits per heavy atom. The van der Waals surface area contributed by atoms with Crippen LogP contribution in [0.1, 0.15) is 40.1 Å². The Kier molecular flexibility index (Phi) is 6.11. The first-order valence-electron chi connectivity index (χ1n) is 10.3. The predicted octanol–water partition coefficient (Wildman–Crippen LogP) is 4.29. The summed E-state index contributed by atoms with van der Waals surface area (Å²) in [6.07, 6.45) is 6.35. The van der Waals surface area contributed by atoms with Gasteiger partial charge in [-0.25, -0.2) is 4.98 Å². The molecule has 1 atom stereocenters. The van der Waals surface area contributed by atoms with E-state index in [4.69, 9.17) is 0 Å². The van der Waals surface area contributed by atoms with Crippen LogP contribution < -0.4 is 10.6 Å². The number of anilines is 1. The summed E-state index contributed by atoms with van der Waals surface area (Å²) in [5.41, 5.74) is 2.42. The molecule has 1 aliphatic rings. The fourth-order valence-electron chi connectivity index (χ4n) is 4.34. The SMILES string of the molecule is CNC(=O)c1sc2ccccc2c1C[C@@H]1CCCCN1Cc1cccnc1NC. The molecule has 2 aromatic heterocycles. The molecule has 0 unspecified atom stereocenters. The highest BCUT2D eigenvalue weighted by molar-refractivity contribution is 7.21. The van der Waals surface area contributed by atoms with Gasteiger partial charge < -0.3 is 10.6 Å². The molecular weight excluding hydrogens is 380 g/mol. The fraction of sp³-hybridized carbons (Fsp3) is 0.391. The number of carbonyl (C=O) groups excluding carboxylic acids is 1. The molecule has 3 aromatic rings. The van der Waals surface area contributed by atoms with E-state index in [1.807, 2.05) is 25.4 Å². The Morgan fingerprint density at radius 2 is 2.07 bits per heavy atom. The first-order valence-corrected chi connectivity index (χ1v) is 11.1. The first-order chi connectivity index (χ1) is 14.2. The lowest BCUT2D eigenvalue weighted by molar-refractivity contribution is 0.0964. The van der Waals surface area contributed by atoms with Crippen molar-refractivity contribution in [1.82, 2.24) is 15.2 Å². The number of hydrogen-bond acceptors (Lipinski definition) is 5. The Labute approximate surface area is 176 Å². The van der Waals surface area contributed by atoms with Gasteiger partial charge in [0.1, 0.15) is 5.82 Å². The average molecular weight is 409 g/mol. The summed E-state index contributed by atoms with van der Waals surface area (Å²) in [6.45, 7) is 1.96. The maximum atomic E-state index is 12.6. The molecule has 0 bridgehead atoms. The maximum Gasteiger partial charge on any atom is 0.261 e. The summed E-state index contributed by atoms with van der Waals surface area (Å²) >= 11 is 1.61. The van der Waals surface area contributed by atoms with Gasteiger partial charge in [0, 0.05) is 43.1 Å². The van der Waals surface area contributed by atoms with Crippen molar-refractivity contribution in [2.75, 3.05) is 26.0 Å². The number of rotatable bonds is 6. The third-order valence-electron chi connectivity index (χ3n) is 5.82. The summed E-state index contributed by atoms with van der Waals surface area (Å²) < 4.78 is 1.19. The molecule has 0 spiro atoms. The highest BCUT2D eigenvalue weighted by Crippen LogP contribution is 2.34. The number of nitrogens with one attached hydrogen (secondary N) is 2. The molecule has 29 heavy (non-hydrogen) atoms. The van der Waals surface area contributed by atoms with Gasteiger partial charge in [-0.15, -0.1) is 11.3 Å². The average Bonchev–Trinajstić information content (AvgIpc) is 3.13. The molecular formula is C23H28N4OS. The number of hydrogen-bond donors (Lipinski definition) is 2. The topological polar surface area (TPSA) is 57.3 Å². The molecule has 1 fully saturated rings. The van der Waals surface area contributed by atoms with Crippen LogP contribution in [0.2, 0.25) is 0 Å². The number of nitrogens with zero attached hydrogens (tertiary/aromatic N) is 2. The zero-order valence-electron chi connectivity index (χ0n) is 17.1. The Hall–Kier alpha value is -2.44. The lowest BCUT2D eigenvalue weighted by atomic mass is 9.93. The van der Waals surface area contributed by atoms with E-state index in [9.17, 15) is 4.79 Å². The molecule has 3 heterocycles. The number of amides is 1. The molecule has 0 aliphatic carbocycles. The van der Waals surface area contributed by atoms with Gasteiger partial charge in [0.2, 0.25) is 0 Å². The van der Waals surface area contributed by atoms with Crippen LogP contribution >= 0.6 is 11.3 Å². The minimum Gasteiger partial charge on any atom is -0.373 e. The normalized spacial score (nSPS) is 17.4. The van der Waals surface area contributed by atoms with Crippen molar-refractivity contribution in [3.05, 3.63) is 58.6 Å². The van der Waals surface area contributed by atoms with Gasteiger partial charge in [0.05, 0.1) is 4.88 Å². The molecule has 2 N–H and O–H groups in total. The number of likely N-dealkylation sites (tertiary alicyclic amines) is 1. The van der Waals surface area contributed by atoms with E-state index >= 15 is 0 Å². The molecule has 0 radical (unpaired) electrons. The third kappa shape index (κ3) is 4.14.